The predicted octanol–water partition coefficient (Wildman–Crippen LogP) is 2.88. The van der Waals surface area contributed by atoms with Crippen molar-refractivity contribution in [3.05, 3.63) is 64.1 Å². The van der Waals surface area contributed by atoms with Gasteiger partial charge in [0.2, 0.25) is 5.91 Å². The van der Waals surface area contributed by atoms with Crippen molar-refractivity contribution in [1.82, 2.24) is 16.2 Å². The molecule has 2 amide bonds. The second kappa shape index (κ2) is 11.2. The molecule has 2 aromatic rings. The third-order valence-corrected chi connectivity index (χ3v) is 4.70. The van der Waals surface area contributed by atoms with Crippen LogP contribution in [0.15, 0.2) is 53.0 Å². The summed E-state index contributed by atoms with van der Waals surface area (Å²) in [6.07, 6.45) is 2.91. The average Bonchev–Trinajstić information content (AvgIpc) is 2.71. The fourth-order valence-corrected chi connectivity index (χ4v) is 2.57. The summed E-state index contributed by atoms with van der Waals surface area (Å²) >= 11 is 8.37. The Hall–Kier alpha value is -2.91. The number of benzene rings is 2. The van der Waals surface area contributed by atoms with E-state index in [1.807, 2.05) is 37.3 Å². The molecular formula is C20H20BrN3O4S. The van der Waals surface area contributed by atoms with Crippen LogP contribution in [0.5, 0.6) is 11.5 Å². The molecule has 0 spiro atoms. The van der Waals surface area contributed by atoms with Crippen LogP contribution in [-0.2, 0) is 9.59 Å². The molecule has 0 radical (unpaired) electrons. The first-order valence-corrected chi connectivity index (χ1v) is 9.69. The Balaban J connectivity index is 1.74. The molecule has 0 saturated carbocycles. The van der Waals surface area contributed by atoms with Crippen LogP contribution >= 0.6 is 28.1 Å². The number of methoxy groups -OCH3 is 1. The lowest BCUT2D eigenvalue weighted by molar-refractivity contribution is -0.123. The molecule has 0 saturated heterocycles. The number of halogens is 1. The van der Waals surface area contributed by atoms with Gasteiger partial charge in [0.15, 0.2) is 11.7 Å². The molecule has 0 fully saturated rings. The van der Waals surface area contributed by atoms with Crippen molar-refractivity contribution < 1.29 is 19.1 Å². The zero-order chi connectivity index (χ0) is 21.2. The second-order valence-corrected chi connectivity index (χ2v) is 7.03. The summed E-state index contributed by atoms with van der Waals surface area (Å²) in [6, 6.07) is 12.7. The number of para-hydroxylation sites is 1. The monoisotopic (exact) mass is 477 g/mol. The summed E-state index contributed by atoms with van der Waals surface area (Å²) in [5, 5.41) is 2.37. The fourth-order valence-electron chi connectivity index (χ4n) is 2.17. The number of hydrogen-bond acceptors (Lipinski definition) is 5. The van der Waals surface area contributed by atoms with Crippen LogP contribution in [0.3, 0.4) is 0 Å². The molecule has 0 bridgehead atoms. The van der Waals surface area contributed by atoms with Gasteiger partial charge in [-0.1, -0.05) is 34.1 Å². The SMILES string of the molecule is COc1ccccc1/C=C/C(=O)NC(=S)NNC(=O)COc1ccc(Br)c(C)c1. The van der Waals surface area contributed by atoms with Gasteiger partial charge in [-0.2, -0.15) is 0 Å². The zero-order valence-electron chi connectivity index (χ0n) is 15.8. The van der Waals surface area contributed by atoms with E-state index in [1.54, 1.807) is 25.3 Å². The Labute approximate surface area is 182 Å². The molecule has 0 aliphatic heterocycles. The number of ether oxygens (including phenoxy) is 2. The Kier molecular flexibility index (Phi) is 8.63. The molecule has 152 valence electrons. The molecule has 29 heavy (non-hydrogen) atoms. The topological polar surface area (TPSA) is 88.7 Å². The third-order valence-electron chi connectivity index (χ3n) is 3.60. The van der Waals surface area contributed by atoms with Crippen LogP contribution in [0.4, 0.5) is 0 Å². The normalized spacial score (nSPS) is 10.3. The van der Waals surface area contributed by atoms with Crippen molar-refractivity contribution in [2.24, 2.45) is 0 Å². The first-order chi connectivity index (χ1) is 13.9. The van der Waals surface area contributed by atoms with Crippen molar-refractivity contribution >= 4 is 51.2 Å². The predicted molar refractivity (Wildman–Crippen MR) is 118 cm³/mol. The minimum absolute atomic E-state index is 0.0486. The van der Waals surface area contributed by atoms with Gasteiger partial charge < -0.3 is 9.47 Å². The number of amides is 2. The molecule has 0 heterocycles. The van der Waals surface area contributed by atoms with Crippen molar-refractivity contribution in [1.29, 1.82) is 0 Å². The van der Waals surface area contributed by atoms with Gasteiger partial charge in [0.05, 0.1) is 7.11 Å². The lowest BCUT2D eigenvalue weighted by atomic mass is 10.2. The zero-order valence-corrected chi connectivity index (χ0v) is 18.2. The molecule has 3 N–H and O–H groups in total. The Morgan fingerprint density at radius 3 is 2.66 bits per heavy atom. The summed E-state index contributed by atoms with van der Waals surface area (Å²) in [5.74, 6) is 0.305. The van der Waals surface area contributed by atoms with Crippen molar-refractivity contribution in [3.8, 4) is 11.5 Å². The summed E-state index contributed by atoms with van der Waals surface area (Å²) in [4.78, 5) is 23.8. The summed E-state index contributed by atoms with van der Waals surface area (Å²) in [5.41, 5.74) is 6.54. The van der Waals surface area contributed by atoms with Gasteiger partial charge in [-0.25, -0.2) is 0 Å². The molecule has 7 nitrogen and oxygen atoms in total. The van der Waals surface area contributed by atoms with E-state index in [1.165, 1.54) is 6.08 Å². The number of carbonyl (C=O) groups is 2. The smallest absolute Gasteiger partial charge is 0.276 e. The van der Waals surface area contributed by atoms with Crippen molar-refractivity contribution in [3.63, 3.8) is 0 Å². The molecule has 2 rings (SSSR count). The second-order valence-electron chi connectivity index (χ2n) is 5.77. The van der Waals surface area contributed by atoms with Crippen LogP contribution in [0.1, 0.15) is 11.1 Å². The fraction of sp³-hybridized carbons (Fsp3) is 0.150. The minimum atomic E-state index is -0.454. The molecule has 0 aliphatic carbocycles. The van der Waals surface area contributed by atoms with Crippen LogP contribution in [-0.4, -0.2) is 30.6 Å². The quantitative estimate of drug-likeness (QED) is 0.336. The van der Waals surface area contributed by atoms with E-state index in [0.29, 0.717) is 11.5 Å². The maximum Gasteiger partial charge on any atom is 0.276 e. The summed E-state index contributed by atoms with van der Waals surface area (Å²) < 4.78 is 11.6. The maximum absolute atomic E-state index is 11.9. The van der Waals surface area contributed by atoms with E-state index >= 15 is 0 Å². The van der Waals surface area contributed by atoms with Gasteiger partial charge in [0.1, 0.15) is 11.5 Å². The highest BCUT2D eigenvalue weighted by molar-refractivity contribution is 9.10. The van der Waals surface area contributed by atoms with Crippen LogP contribution in [0.25, 0.3) is 6.08 Å². The number of nitrogens with one attached hydrogen (secondary N) is 3. The van der Waals surface area contributed by atoms with E-state index in [4.69, 9.17) is 21.7 Å². The molecule has 2 aromatic carbocycles. The number of carbonyl (C=O) groups excluding carboxylic acids is 2. The van der Waals surface area contributed by atoms with Gasteiger partial charge in [-0.05, 0) is 55.0 Å². The standard InChI is InChI=1S/C20H20BrN3O4S/c1-13-11-15(8-9-16(13)21)28-12-19(26)23-24-20(29)22-18(25)10-7-14-5-3-4-6-17(14)27-2/h3-11H,12H2,1-2H3,(H,23,26)(H2,22,24,25,29)/b10-7+. The van der Waals surface area contributed by atoms with Crippen LogP contribution in [0, 0.1) is 6.92 Å². The van der Waals surface area contributed by atoms with E-state index in [0.717, 1.165) is 15.6 Å². The van der Waals surface area contributed by atoms with E-state index < -0.39 is 11.8 Å². The highest BCUT2D eigenvalue weighted by atomic mass is 79.9. The Bertz CT molecular complexity index is 934. The maximum atomic E-state index is 11.9. The first-order valence-electron chi connectivity index (χ1n) is 8.49. The van der Waals surface area contributed by atoms with Crippen LogP contribution in [0.2, 0.25) is 0 Å². The van der Waals surface area contributed by atoms with E-state index in [9.17, 15) is 9.59 Å². The highest BCUT2D eigenvalue weighted by Gasteiger charge is 2.06. The number of aryl methyl sites for hydroxylation is 1. The van der Waals surface area contributed by atoms with Crippen molar-refractivity contribution in [2.45, 2.75) is 6.92 Å². The number of thiocarbonyl (C=S) groups is 1. The Morgan fingerprint density at radius 1 is 1.17 bits per heavy atom. The molecule has 0 unspecified atom stereocenters. The number of rotatable bonds is 6. The largest absolute Gasteiger partial charge is 0.496 e. The van der Waals surface area contributed by atoms with Crippen molar-refractivity contribution in [2.75, 3.05) is 13.7 Å². The molecule has 9 heteroatoms. The third kappa shape index (κ3) is 7.55. The van der Waals surface area contributed by atoms with E-state index in [-0.39, 0.29) is 11.7 Å². The molecular weight excluding hydrogens is 458 g/mol. The average molecular weight is 478 g/mol. The van der Waals surface area contributed by atoms with Crippen LogP contribution < -0.4 is 25.6 Å². The minimum Gasteiger partial charge on any atom is -0.496 e. The highest BCUT2D eigenvalue weighted by Crippen LogP contribution is 2.21. The van der Waals surface area contributed by atoms with E-state index in [2.05, 4.69) is 32.1 Å². The summed E-state index contributed by atoms with van der Waals surface area (Å²) in [7, 11) is 1.55. The number of hydrogen-bond donors (Lipinski definition) is 3. The van der Waals surface area contributed by atoms with Gasteiger partial charge in [-0.15, -0.1) is 0 Å². The van der Waals surface area contributed by atoms with Gasteiger partial charge in [-0.3, -0.25) is 25.8 Å². The molecule has 0 atom stereocenters. The molecule has 0 aromatic heterocycles. The number of hydrazine groups is 1. The Morgan fingerprint density at radius 2 is 1.93 bits per heavy atom. The van der Waals surface area contributed by atoms with Gasteiger partial charge >= 0.3 is 0 Å². The van der Waals surface area contributed by atoms with Gasteiger partial charge in [0, 0.05) is 16.1 Å². The lowest BCUT2D eigenvalue weighted by Crippen LogP contribution is -2.49. The van der Waals surface area contributed by atoms with Gasteiger partial charge in [0.25, 0.3) is 5.91 Å². The summed E-state index contributed by atoms with van der Waals surface area (Å²) in [6.45, 7) is 1.71. The molecule has 0 aliphatic rings. The first kappa shape index (κ1) is 22.4. The lowest BCUT2D eigenvalue weighted by Gasteiger charge is -2.11.